The van der Waals surface area contributed by atoms with Gasteiger partial charge < -0.3 is 9.84 Å². The first-order valence-electron chi connectivity index (χ1n) is 6.62. The van der Waals surface area contributed by atoms with Crippen molar-refractivity contribution in [2.24, 2.45) is 0 Å². The summed E-state index contributed by atoms with van der Waals surface area (Å²) in [5.41, 5.74) is -1.88. The minimum atomic E-state index is -4.14. The molecule has 0 unspecified atom stereocenters. The van der Waals surface area contributed by atoms with Crippen molar-refractivity contribution in [2.75, 3.05) is 19.1 Å². The van der Waals surface area contributed by atoms with Gasteiger partial charge in [-0.2, -0.15) is 26.6 Å². The number of aliphatic hydroxyl groups is 1. The first kappa shape index (κ1) is 19.7. The predicted molar refractivity (Wildman–Crippen MR) is 79.5 cm³/mol. The van der Waals surface area contributed by atoms with Crippen molar-refractivity contribution in [1.82, 2.24) is 14.8 Å². The van der Waals surface area contributed by atoms with Crippen LogP contribution < -0.4 is 11.2 Å². The number of nitrogens with zero attached hydrogens (tertiary/aromatic N) is 2. The van der Waals surface area contributed by atoms with Gasteiger partial charge in [0.15, 0.2) is 12.3 Å². The zero-order valence-electron chi connectivity index (χ0n) is 12.9. The molecule has 13 nitrogen and oxygen atoms in total. The lowest BCUT2D eigenvalue weighted by molar-refractivity contribution is -0.0570. The number of nitrogens with one attached hydrogen (secondary N) is 1. The third-order valence-corrected chi connectivity index (χ3v) is 4.16. The Kier molecular flexibility index (Phi) is 5.45. The number of hydrogen-bond acceptors (Lipinski definition) is 11. The Morgan fingerprint density at radius 3 is 2.24 bits per heavy atom. The first-order valence-corrected chi connectivity index (χ1v) is 10.3. The second kappa shape index (κ2) is 6.93. The van der Waals surface area contributed by atoms with Crippen molar-refractivity contribution >= 4 is 20.2 Å². The summed E-state index contributed by atoms with van der Waals surface area (Å²) in [6.45, 7) is -0.765. The fourth-order valence-electron chi connectivity index (χ4n) is 2.22. The Morgan fingerprint density at radius 2 is 1.76 bits per heavy atom. The number of ether oxygens (including phenoxy) is 1. The van der Waals surface area contributed by atoms with Crippen LogP contribution in [0.3, 0.4) is 0 Å². The Labute approximate surface area is 141 Å². The van der Waals surface area contributed by atoms with Crippen molar-refractivity contribution in [3.05, 3.63) is 27.0 Å². The molecule has 4 atom stereocenters. The van der Waals surface area contributed by atoms with Gasteiger partial charge in [-0.25, -0.2) is 4.79 Å². The quantitative estimate of drug-likeness (QED) is 0.451. The van der Waals surface area contributed by atoms with Gasteiger partial charge in [-0.15, -0.1) is 0 Å². The topological polar surface area (TPSA) is 184 Å². The third-order valence-electron chi connectivity index (χ3n) is 3.02. The Bertz CT molecular complexity index is 950. The number of aliphatic hydroxyl groups excluding tert-OH is 1. The van der Waals surface area contributed by atoms with Gasteiger partial charge in [0.05, 0.1) is 19.1 Å². The van der Waals surface area contributed by atoms with Crippen LogP contribution in [-0.2, 0) is 33.3 Å². The number of aromatic amines is 1. The summed E-state index contributed by atoms with van der Waals surface area (Å²) in [4.78, 5) is 24.8. The van der Waals surface area contributed by atoms with E-state index in [4.69, 9.17) is 13.1 Å². The van der Waals surface area contributed by atoms with Gasteiger partial charge in [0.2, 0.25) is 0 Å². The molecule has 0 amide bonds. The van der Waals surface area contributed by atoms with Crippen LogP contribution in [0.2, 0.25) is 0 Å². The summed E-state index contributed by atoms with van der Waals surface area (Å²) in [6.07, 6.45) is -4.05. The smallest absolute Gasteiger partial charge is 0.347 e. The molecule has 0 saturated carbocycles. The van der Waals surface area contributed by atoms with Crippen molar-refractivity contribution in [3.63, 3.8) is 0 Å². The van der Waals surface area contributed by atoms with Crippen LogP contribution in [0, 0.1) is 0 Å². The molecule has 0 radical (unpaired) electrons. The van der Waals surface area contributed by atoms with E-state index in [0.717, 1.165) is 6.20 Å². The summed E-state index contributed by atoms with van der Waals surface area (Å²) < 4.78 is 61.2. The molecule has 2 heterocycles. The van der Waals surface area contributed by atoms with Crippen LogP contribution in [0.15, 0.2) is 15.8 Å². The van der Waals surface area contributed by atoms with Gasteiger partial charge >= 0.3 is 5.69 Å². The van der Waals surface area contributed by atoms with Crippen LogP contribution in [0.5, 0.6) is 0 Å². The van der Waals surface area contributed by atoms with E-state index >= 15 is 0 Å². The normalized spacial score (nSPS) is 27.5. The number of H-pyrrole nitrogens is 1. The van der Waals surface area contributed by atoms with E-state index in [9.17, 15) is 31.5 Å². The molecular weight excluding hydrogens is 386 g/mol. The summed E-state index contributed by atoms with van der Waals surface area (Å²) >= 11 is 0. The van der Waals surface area contributed by atoms with Crippen molar-refractivity contribution in [3.8, 4) is 0 Å². The molecule has 0 bridgehead atoms. The number of aromatic nitrogens is 3. The molecule has 1 aliphatic rings. The van der Waals surface area contributed by atoms with Crippen molar-refractivity contribution in [2.45, 2.75) is 24.5 Å². The average Bonchev–Trinajstić information content (AvgIpc) is 2.73. The first-order chi connectivity index (χ1) is 11.4. The van der Waals surface area contributed by atoms with Crippen molar-refractivity contribution in [1.29, 1.82) is 0 Å². The maximum absolute atomic E-state index is 11.9. The molecule has 1 fully saturated rings. The SMILES string of the molecule is CS(=O)(=O)O[C@@H]1[C@H](OS(C)(=O)=O)[C@@H](CO)O[C@H]1n1ncc(=O)[nH]c1=O. The van der Waals surface area contributed by atoms with Gasteiger partial charge in [0.25, 0.3) is 25.8 Å². The summed E-state index contributed by atoms with van der Waals surface area (Å²) in [7, 11) is -8.23. The molecule has 1 aromatic heterocycles. The van der Waals surface area contributed by atoms with E-state index in [1.54, 1.807) is 0 Å². The second-order valence-corrected chi connectivity index (χ2v) is 8.36. The lowest BCUT2D eigenvalue weighted by atomic mass is 10.1. The monoisotopic (exact) mass is 401 g/mol. The molecule has 2 N–H and O–H groups in total. The molecule has 1 aliphatic heterocycles. The number of rotatable bonds is 6. The largest absolute Gasteiger partial charge is 0.394 e. The summed E-state index contributed by atoms with van der Waals surface area (Å²) in [6, 6.07) is 0. The highest BCUT2D eigenvalue weighted by Crippen LogP contribution is 2.33. The fraction of sp³-hybridized carbons (Fsp3) is 0.700. The molecular formula is C10H15N3O10S2. The van der Waals surface area contributed by atoms with Crippen LogP contribution in [0.4, 0.5) is 0 Å². The minimum Gasteiger partial charge on any atom is -0.394 e. The highest BCUT2D eigenvalue weighted by Gasteiger charge is 2.51. The molecule has 1 saturated heterocycles. The zero-order valence-corrected chi connectivity index (χ0v) is 14.6. The average molecular weight is 401 g/mol. The van der Waals surface area contributed by atoms with Crippen LogP contribution in [0.1, 0.15) is 6.23 Å². The van der Waals surface area contributed by atoms with E-state index in [0.29, 0.717) is 17.2 Å². The van der Waals surface area contributed by atoms with E-state index in [1.807, 2.05) is 4.98 Å². The molecule has 0 spiro atoms. The highest BCUT2D eigenvalue weighted by molar-refractivity contribution is 7.86. The molecule has 0 aromatic carbocycles. The third kappa shape index (κ3) is 4.93. The fourth-order valence-corrected chi connectivity index (χ4v) is 3.46. The lowest BCUT2D eigenvalue weighted by Gasteiger charge is -2.22. The molecule has 25 heavy (non-hydrogen) atoms. The Hall–Kier alpha value is -1.65. The highest BCUT2D eigenvalue weighted by atomic mass is 32.2. The maximum atomic E-state index is 11.9. The van der Waals surface area contributed by atoms with Gasteiger partial charge in [-0.1, -0.05) is 0 Å². The van der Waals surface area contributed by atoms with Crippen LogP contribution in [0.25, 0.3) is 0 Å². The number of hydrogen-bond donors (Lipinski definition) is 2. The maximum Gasteiger partial charge on any atom is 0.347 e. The molecule has 1 aromatic rings. The zero-order chi connectivity index (χ0) is 19.0. The van der Waals surface area contributed by atoms with Gasteiger partial charge in [-0.3, -0.25) is 18.1 Å². The molecule has 2 rings (SSSR count). The van der Waals surface area contributed by atoms with Gasteiger partial charge in [0.1, 0.15) is 18.4 Å². The summed E-state index contributed by atoms with van der Waals surface area (Å²) in [5.74, 6) is 0. The molecule has 15 heteroatoms. The minimum absolute atomic E-state index is 0.547. The van der Waals surface area contributed by atoms with Crippen molar-refractivity contribution < 1.29 is 35.0 Å². The van der Waals surface area contributed by atoms with E-state index in [2.05, 4.69) is 5.10 Å². The van der Waals surface area contributed by atoms with E-state index in [-0.39, 0.29) is 0 Å². The Morgan fingerprint density at radius 1 is 1.20 bits per heavy atom. The molecule has 142 valence electrons. The Balaban J connectivity index is 2.53. The summed E-state index contributed by atoms with van der Waals surface area (Å²) in [5, 5.41) is 12.9. The van der Waals surface area contributed by atoms with E-state index in [1.165, 1.54) is 0 Å². The van der Waals surface area contributed by atoms with E-state index < -0.39 is 62.6 Å². The predicted octanol–water partition coefficient (Wildman–Crippen LogP) is -3.49. The lowest BCUT2D eigenvalue weighted by Crippen LogP contribution is -2.43. The van der Waals surface area contributed by atoms with Crippen LogP contribution >= 0.6 is 0 Å². The van der Waals surface area contributed by atoms with Gasteiger partial charge in [0, 0.05) is 0 Å². The van der Waals surface area contributed by atoms with Gasteiger partial charge in [-0.05, 0) is 0 Å². The second-order valence-electron chi connectivity index (χ2n) is 5.16. The van der Waals surface area contributed by atoms with Crippen LogP contribution in [-0.4, -0.2) is 74.1 Å². The molecule has 0 aliphatic carbocycles. The standard InChI is InChI=1S/C10H15N3O10S2/c1-24(17,18)22-7-5(4-14)21-9(8(7)23-25(2,19)20)13-10(16)12-6(15)3-11-13/h3,5,7-9,14H,4H2,1-2H3,(H,12,15,16)/t5-,7-,8-,9-/m1/s1.